The van der Waals surface area contributed by atoms with Crippen molar-refractivity contribution in [2.24, 2.45) is 0 Å². The lowest BCUT2D eigenvalue weighted by Gasteiger charge is -2.33. The van der Waals surface area contributed by atoms with E-state index in [1.807, 2.05) is 23.5 Å². The maximum Gasteiger partial charge on any atom is 0.0552 e. The number of anilines is 4. The van der Waals surface area contributed by atoms with E-state index in [1.54, 1.807) is 0 Å². The molecule has 4 aromatic rings. The monoisotopic (exact) mass is 568 g/mol. The summed E-state index contributed by atoms with van der Waals surface area (Å²) < 4.78 is 0. The van der Waals surface area contributed by atoms with Gasteiger partial charge in [-0.25, -0.2) is 0 Å². The average Bonchev–Trinajstić information content (AvgIpc) is 2.96. The van der Waals surface area contributed by atoms with Crippen molar-refractivity contribution in [1.29, 1.82) is 0 Å². The molecule has 0 aromatic heterocycles. The van der Waals surface area contributed by atoms with Crippen molar-refractivity contribution in [3.8, 4) is 0 Å². The molecule has 4 nitrogen and oxygen atoms in total. The second-order valence-electron chi connectivity index (χ2n) is 10.7. The summed E-state index contributed by atoms with van der Waals surface area (Å²) in [6, 6.07) is 34.8. The molecule has 0 unspecified atom stereocenters. The van der Waals surface area contributed by atoms with Gasteiger partial charge in [0, 0.05) is 32.7 Å². The number of rotatable bonds is 8. The van der Waals surface area contributed by atoms with Crippen molar-refractivity contribution < 1.29 is 0 Å². The van der Waals surface area contributed by atoms with Gasteiger partial charge < -0.3 is 19.6 Å². The van der Waals surface area contributed by atoms with Crippen LogP contribution in [-0.4, -0.2) is 64.2 Å². The van der Waals surface area contributed by atoms with Crippen LogP contribution in [0.15, 0.2) is 117 Å². The fourth-order valence-electron chi connectivity index (χ4n) is 5.13. The maximum atomic E-state index is 2.46. The van der Waals surface area contributed by atoms with Gasteiger partial charge in [-0.3, -0.25) is 0 Å². The Balaban J connectivity index is 0.000000161. The van der Waals surface area contributed by atoms with Crippen LogP contribution in [0.25, 0.3) is 0 Å². The third-order valence-corrected chi connectivity index (χ3v) is 9.30. The molecule has 4 aromatic carbocycles. The summed E-state index contributed by atoms with van der Waals surface area (Å²) in [5.41, 5.74) is 5.37. The molecule has 0 fully saturated rings. The van der Waals surface area contributed by atoms with Crippen LogP contribution in [0.5, 0.6) is 0 Å². The number of para-hydroxylation sites is 4. The molecule has 208 valence electrons. The molecule has 2 aliphatic heterocycles. The van der Waals surface area contributed by atoms with Gasteiger partial charge in [-0.15, -0.1) is 0 Å². The Bertz CT molecular complexity index is 1210. The second-order valence-corrected chi connectivity index (χ2v) is 12.9. The molecule has 0 N–H and O–H groups in total. The van der Waals surface area contributed by atoms with Gasteiger partial charge in [0.25, 0.3) is 0 Å². The first-order chi connectivity index (χ1) is 19.5. The second kappa shape index (κ2) is 13.6. The first-order valence-electron chi connectivity index (χ1n) is 14.1. The van der Waals surface area contributed by atoms with Crippen molar-refractivity contribution in [3.05, 3.63) is 97.1 Å². The Morgan fingerprint density at radius 3 is 1.00 bits per heavy atom. The summed E-state index contributed by atoms with van der Waals surface area (Å²) in [6.45, 7) is 4.36. The molecule has 0 radical (unpaired) electrons. The molecule has 0 amide bonds. The molecule has 0 atom stereocenters. The Kier molecular flexibility index (Phi) is 9.76. The van der Waals surface area contributed by atoms with Gasteiger partial charge >= 0.3 is 0 Å². The summed E-state index contributed by atoms with van der Waals surface area (Å²) in [7, 11) is 8.53. The maximum absolute atomic E-state index is 2.46. The zero-order chi connectivity index (χ0) is 27.9. The molecular weight excluding hydrogens is 529 g/mol. The van der Waals surface area contributed by atoms with E-state index in [0.717, 1.165) is 26.2 Å². The highest BCUT2D eigenvalue weighted by Crippen LogP contribution is 2.48. The number of fused-ring (bicyclic) bond motifs is 4. The largest absolute Gasteiger partial charge is 0.340 e. The Hall–Kier alpha value is -2.90. The highest BCUT2D eigenvalue weighted by Gasteiger charge is 2.23. The molecule has 0 saturated heterocycles. The topological polar surface area (TPSA) is 13.0 Å². The minimum Gasteiger partial charge on any atom is -0.340 e. The number of hydrogen-bond acceptors (Lipinski definition) is 6. The molecule has 6 rings (SSSR count). The number of hydrogen-bond donors (Lipinski definition) is 0. The molecule has 0 saturated carbocycles. The van der Waals surface area contributed by atoms with E-state index in [9.17, 15) is 0 Å². The summed E-state index contributed by atoms with van der Waals surface area (Å²) >= 11 is 3.75. The van der Waals surface area contributed by atoms with E-state index < -0.39 is 0 Å². The van der Waals surface area contributed by atoms with Crippen LogP contribution in [0.1, 0.15) is 12.8 Å². The number of benzene rings is 4. The minimum absolute atomic E-state index is 1.06. The predicted molar refractivity (Wildman–Crippen MR) is 174 cm³/mol. The number of nitrogens with zero attached hydrogens (tertiary/aromatic N) is 4. The molecule has 2 heterocycles. The van der Waals surface area contributed by atoms with Crippen LogP contribution in [0.2, 0.25) is 0 Å². The minimum atomic E-state index is 1.06. The summed E-state index contributed by atoms with van der Waals surface area (Å²) in [4.78, 5) is 14.8. The summed E-state index contributed by atoms with van der Waals surface area (Å²) in [5, 5.41) is 0. The summed E-state index contributed by atoms with van der Waals surface area (Å²) in [6.07, 6.45) is 2.33. The van der Waals surface area contributed by atoms with Crippen molar-refractivity contribution in [3.63, 3.8) is 0 Å². The fraction of sp³-hybridized carbons (Fsp3) is 0.294. The van der Waals surface area contributed by atoms with Gasteiger partial charge in [0.2, 0.25) is 0 Å². The van der Waals surface area contributed by atoms with Crippen molar-refractivity contribution in [2.75, 3.05) is 64.2 Å². The average molecular weight is 569 g/mol. The van der Waals surface area contributed by atoms with Crippen LogP contribution < -0.4 is 9.80 Å². The van der Waals surface area contributed by atoms with E-state index in [4.69, 9.17) is 0 Å². The third-order valence-electron chi connectivity index (χ3n) is 7.04. The highest BCUT2D eigenvalue weighted by molar-refractivity contribution is 8.00. The molecule has 40 heavy (non-hydrogen) atoms. The molecule has 0 bridgehead atoms. The van der Waals surface area contributed by atoms with E-state index >= 15 is 0 Å². The first kappa shape index (κ1) is 28.6. The van der Waals surface area contributed by atoms with Gasteiger partial charge in [0.1, 0.15) is 0 Å². The Morgan fingerprint density at radius 1 is 0.450 bits per heavy atom. The van der Waals surface area contributed by atoms with E-state index in [-0.39, 0.29) is 0 Å². The first-order valence-corrected chi connectivity index (χ1v) is 15.7. The lowest BCUT2D eigenvalue weighted by molar-refractivity contribution is 0.402. The van der Waals surface area contributed by atoms with Gasteiger partial charge in [0.05, 0.1) is 22.7 Å². The van der Waals surface area contributed by atoms with Crippen LogP contribution in [0.3, 0.4) is 0 Å². The fourth-order valence-corrected chi connectivity index (χ4v) is 7.33. The normalized spacial score (nSPS) is 13.2. The van der Waals surface area contributed by atoms with Crippen LogP contribution in [0, 0.1) is 0 Å². The highest BCUT2D eigenvalue weighted by atomic mass is 32.2. The quantitative estimate of drug-likeness (QED) is 0.210. The molecule has 0 aliphatic carbocycles. The van der Waals surface area contributed by atoms with Crippen molar-refractivity contribution in [2.45, 2.75) is 32.4 Å². The van der Waals surface area contributed by atoms with Gasteiger partial charge in [-0.05, 0) is 103 Å². The van der Waals surface area contributed by atoms with Crippen LogP contribution >= 0.6 is 23.5 Å². The zero-order valence-electron chi connectivity index (χ0n) is 24.1. The molecule has 6 heteroatoms. The standard InChI is InChI=1S/2C17H20N2S/c2*1-18(2)12-7-13-19-14-8-3-5-10-16(14)20-17-11-6-4-9-15(17)19/h2*3-6,8-11H,7,12-13H2,1-2H3. The summed E-state index contributed by atoms with van der Waals surface area (Å²) in [5.74, 6) is 0. The zero-order valence-corrected chi connectivity index (χ0v) is 25.7. The molecule has 2 aliphatic rings. The smallest absolute Gasteiger partial charge is 0.0552 e. The third kappa shape index (κ3) is 6.87. The Morgan fingerprint density at radius 2 is 0.725 bits per heavy atom. The lowest BCUT2D eigenvalue weighted by atomic mass is 10.2. The SMILES string of the molecule is CN(C)CCCN1c2ccccc2Sc2ccccc21.CN(C)CCCN1c2ccccc2Sc2ccccc21. The van der Waals surface area contributed by atoms with E-state index in [0.29, 0.717) is 0 Å². The van der Waals surface area contributed by atoms with Crippen molar-refractivity contribution >= 4 is 46.3 Å². The van der Waals surface area contributed by atoms with Gasteiger partial charge in [0.15, 0.2) is 0 Å². The van der Waals surface area contributed by atoms with Gasteiger partial charge in [-0.2, -0.15) is 0 Å². The Labute approximate surface area is 249 Å². The van der Waals surface area contributed by atoms with Crippen LogP contribution in [-0.2, 0) is 0 Å². The molecular formula is C34H40N4S2. The van der Waals surface area contributed by atoms with Crippen LogP contribution in [0.4, 0.5) is 22.7 Å². The molecule has 0 spiro atoms. The van der Waals surface area contributed by atoms with Crippen molar-refractivity contribution in [1.82, 2.24) is 9.80 Å². The predicted octanol–water partition coefficient (Wildman–Crippen LogP) is 8.48. The van der Waals surface area contributed by atoms with E-state index in [1.165, 1.54) is 55.2 Å². The van der Waals surface area contributed by atoms with Gasteiger partial charge in [-0.1, -0.05) is 72.1 Å². The van der Waals surface area contributed by atoms with E-state index in [2.05, 4.69) is 145 Å². The lowest BCUT2D eigenvalue weighted by Crippen LogP contribution is -2.25.